The van der Waals surface area contributed by atoms with Gasteiger partial charge < -0.3 is 5.73 Å². The molecule has 0 unspecified atom stereocenters. The third kappa shape index (κ3) is 2.24. The fourth-order valence-electron chi connectivity index (χ4n) is 2.49. The van der Waals surface area contributed by atoms with Crippen molar-refractivity contribution in [2.45, 2.75) is 26.8 Å². The molecular weight excluding hydrogens is 274 g/mol. The van der Waals surface area contributed by atoms with E-state index in [4.69, 9.17) is 10.8 Å². The molecule has 0 atom stereocenters. The number of benzene rings is 1. The number of hydrogen-bond acceptors (Lipinski definition) is 4. The van der Waals surface area contributed by atoms with Crippen molar-refractivity contribution >= 4 is 22.4 Å². The topological polar surface area (TPSA) is 69.6 Å². The fourth-order valence-corrected chi connectivity index (χ4v) is 2.49. The number of nitrogens with zero attached hydrogens (tertiary/aromatic N) is 4. The van der Waals surface area contributed by atoms with E-state index in [1.807, 2.05) is 29.8 Å². The predicted molar refractivity (Wildman–Crippen MR) is 90.3 cm³/mol. The molecule has 0 amide bonds. The molecule has 2 aromatic heterocycles. The quantitative estimate of drug-likeness (QED) is 0.799. The molecule has 2 N–H and O–H groups in total. The average molecular weight is 293 g/mol. The Bertz CT molecular complexity index is 861. The van der Waals surface area contributed by atoms with Crippen molar-refractivity contribution in [3.8, 4) is 11.3 Å². The molecule has 0 aliphatic carbocycles. The number of nitrogen functional groups attached to an aromatic ring is 1. The molecule has 0 bridgehead atoms. The first kappa shape index (κ1) is 14.3. The van der Waals surface area contributed by atoms with Gasteiger partial charge in [0, 0.05) is 11.6 Å². The molecule has 112 valence electrons. The largest absolute Gasteiger partial charge is 0.383 e. The number of anilines is 1. The minimum Gasteiger partial charge on any atom is -0.383 e. The minimum absolute atomic E-state index is 0.190. The summed E-state index contributed by atoms with van der Waals surface area (Å²) in [6.45, 7) is 10.1. The van der Waals surface area contributed by atoms with Crippen molar-refractivity contribution < 1.29 is 0 Å². The molecule has 0 saturated heterocycles. The standard InChI is InChI=1S/C17H19N5/c1-10(2)12-6-5-7-13(8-12)15-14-16(18)19-9-20-17(14)22(21-15)11(3)4/h5-9,11H,1H2,2-4H3,(H2,18,19,20). The Labute approximate surface area is 129 Å². The van der Waals surface area contributed by atoms with E-state index < -0.39 is 0 Å². The van der Waals surface area contributed by atoms with Gasteiger partial charge in [-0.1, -0.05) is 30.4 Å². The summed E-state index contributed by atoms with van der Waals surface area (Å²) in [4.78, 5) is 8.48. The van der Waals surface area contributed by atoms with Crippen LogP contribution in [0.5, 0.6) is 0 Å². The summed E-state index contributed by atoms with van der Waals surface area (Å²) in [5, 5.41) is 5.53. The van der Waals surface area contributed by atoms with Crippen LogP contribution in [0.4, 0.5) is 5.82 Å². The molecule has 0 aliphatic rings. The first-order chi connectivity index (χ1) is 10.5. The summed E-state index contributed by atoms with van der Waals surface area (Å²) in [5.74, 6) is 0.452. The third-order valence-electron chi connectivity index (χ3n) is 3.64. The fraction of sp³-hybridized carbons (Fsp3) is 0.235. The lowest BCUT2D eigenvalue weighted by Crippen LogP contribution is -2.04. The third-order valence-corrected chi connectivity index (χ3v) is 3.64. The molecular formula is C17H19N5. The van der Waals surface area contributed by atoms with E-state index in [2.05, 4.69) is 36.5 Å². The van der Waals surface area contributed by atoms with Gasteiger partial charge in [0.1, 0.15) is 17.8 Å². The van der Waals surface area contributed by atoms with Crippen molar-refractivity contribution in [2.75, 3.05) is 5.73 Å². The molecule has 0 fully saturated rings. The van der Waals surface area contributed by atoms with Gasteiger partial charge in [-0.15, -0.1) is 0 Å². The molecule has 22 heavy (non-hydrogen) atoms. The maximum absolute atomic E-state index is 6.08. The van der Waals surface area contributed by atoms with Gasteiger partial charge in [0.2, 0.25) is 0 Å². The van der Waals surface area contributed by atoms with Gasteiger partial charge in [-0.3, -0.25) is 0 Å². The summed E-state index contributed by atoms with van der Waals surface area (Å²) in [6, 6.07) is 8.31. The smallest absolute Gasteiger partial charge is 0.164 e. The van der Waals surface area contributed by atoms with E-state index in [9.17, 15) is 0 Å². The Morgan fingerprint density at radius 2 is 2.05 bits per heavy atom. The summed E-state index contributed by atoms with van der Waals surface area (Å²) < 4.78 is 1.89. The Morgan fingerprint density at radius 1 is 1.27 bits per heavy atom. The zero-order valence-corrected chi connectivity index (χ0v) is 13.0. The van der Waals surface area contributed by atoms with Gasteiger partial charge in [0.05, 0.1) is 5.39 Å². The molecule has 5 nitrogen and oxygen atoms in total. The van der Waals surface area contributed by atoms with E-state index in [-0.39, 0.29) is 6.04 Å². The van der Waals surface area contributed by atoms with Gasteiger partial charge in [-0.2, -0.15) is 5.10 Å². The van der Waals surface area contributed by atoms with Crippen LogP contribution < -0.4 is 5.73 Å². The van der Waals surface area contributed by atoms with Gasteiger partial charge in [0.15, 0.2) is 5.65 Å². The van der Waals surface area contributed by atoms with Crippen LogP contribution in [0, 0.1) is 0 Å². The van der Waals surface area contributed by atoms with E-state index in [0.29, 0.717) is 5.82 Å². The highest BCUT2D eigenvalue weighted by atomic mass is 15.3. The summed E-state index contributed by atoms with van der Waals surface area (Å²) in [5.41, 5.74) is 10.7. The molecule has 0 spiro atoms. The summed E-state index contributed by atoms with van der Waals surface area (Å²) >= 11 is 0. The molecule has 1 aromatic carbocycles. The number of aromatic nitrogens is 4. The molecule has 5 heteroatoms. The number of fused-ring (bicyclic) bond motifs is 1. The van der Waals surface area contributed by atoms with Crippen LogP contribution in [0.1, 0.15) is 32.4 Å². The zero-order chi connectivity index (χ0) is 15.9. The predicted octanol–water partition coefficient (Wildman–Crippen LogP) is 3.69. The Morgan fingerprint density at radius 3 is 2.73 bits per heavy atom. The van der Waals surface area contributed by atoms with Crippen molar-refractivity contribution in [3.05, 3.63) is 42.7 Å². The Kier molecular flexibility index (Phi) is 3.41. The molecule has 0 aliphatic heterocycles. The number of nitrogens with two attached hydrogens (primary N) is 1. The Hall–Kier alpha value is -2.69. The van der Waals surface area contributed by atoms with Crippen LogP contribution in [0.25, 0.3) is 27.9 Å². The van der Waals surface area contributed by atoms with Gasteiger partial charge in [-0.05, 0) is 32.4 Å². The van der Waals surface area contributed by atoms with Crippen LogP contribution in [0.15, 0.2) is 37.2 Å². The zero-order valence-electron chi connectivity index (χ0n) is 13.0. The van der Waals surface area contributed by atoms with E-state index in [0.717, 1.165) is 33.4 Å². The lowest BCUT2D eigenvalue weighted by molar-refractivity contribution is 0.548. The highest BCUT2D eigenvalue weighted by molar-refractivity contribution is 5.98. The molecule has 3 aromatic rings. The second-order valence-electron chi connectivity index (χ2n) is 5.71. The highest BCUT2D eigenvalue weighted by Crippen LogP contribution is 2.32. The summed E-state index contributed by atoms with van der Waals surface area (Å²) in [6.07, 6.45) is 1.48. The monoisotopic (exact) mass is 293 g/mol. The number of rotatable bonds is 3. The normalized spacial score (nSPS) is 11.3. The summed E-state index contributed by atoms with van der Waals surface area (Å²) in [7, 11) is 0. The van der Waals surface area contributed by atoms with Crippen molar-refractivity contribution in [3.63, 3.8) is 0 Å². The maximum atomic E-state index is 6.08. The van der Waals surface area contributed by atoms with Crippen LogP contribution in [0.2, 0.25) is 0 Å². The maximum Gasteiger partial charge on any atom is 0.164 e. The second-order valence-corrected chi connectivity index (χ2v) is 5.71. The van der Waals surface area contributed by atoms with Crippen LogP contribution in [-0.2, 0) is 0 Å². The highest BCUT2D eigenvalue weighted by Gasteiger charge is 2.18. The van der Waals surface area contributed by atoms with Gasteiger partial charge in [0.25, 0.3) is 0 Å². The van der Waals surface area contributed by atoms with Crippen LogP contribution >= 0.6 is 0 Å². The molecule has 3 rings (SSSR count). The van der Waals surface area contributed by atoms with E-state index in [1.165, 1.54) is 6.33 Å². The SMILES string of the molecule is C=C(C)c1cccc(-c2nn(C(C)C)c3ncnc(N)c23)c1. The van der Waals surface area contributed by atoms with E-state index in [1.54, 1.807) is 0 Å². The molecule has 0 radical (unpaired) electrons. The second kappa shape index (κ2) is 5.26. The first-order valence-electron chi connectivity index (χ1n) is 7.24. The first-order valence-corrected chi connectivity index (χ1v) is 7.24. The van der Waals surface area contributed by atoms with E-state index >= 15 is 0 Å². The molecule has 2 heterocycles. The number of hydrogen-bond donors (Lipinski definition) is 1. The minimum atomic E-state index is 0.190. The molecule has 0 saturated carbocycles. The lowest BCUT2D eigenvalue weighted by Gasteiger charge is -2.05. The van der Waals surface area contributed by atoms with Crippen LogP contribution in [-0.4, -0.2) is 19.7 Å². The van der Waals surface area contributed by atoms with Crippen LogP contribution in [0.3, 0.4) is 0 Å². The lowest BCUT2D eigenvalue weighted by atomic mass is 10.0. The van der Waals surface area contributed by atoms with Crippen molar-refractivity contribution in [1.82, 2.24) is 19.7 Å². The van der Waals surface area contributed by atoms with Gasteiger partial charge >= 0.3 is 0 Å². The number of allylic oxidation sites excluding steroid dienone is 1. The Balaban J connectivity index is 2.31. The van der Waals surface area contributed by atoms with Crippen molar-refractivity contribution in [1.29, 1.82) is 0 Å². The average Bonchev–Trinajstić information content (AvgIpc) is 2.88. The van der Waals surface area contributed by atoms with Gasteiger partial charge in [-0.25, -0.2) is 14.6 Å². The van der Waals surface area contributed by atoms with Crippen molar-refractivity contribution in [2.24, 2.45) is 0 Å².